The van der Waals surface area contributed by atoms with E-state index in [0.29, 0.717) is 22.4 Å². The van der Waals surface area contributed by atoms with Gasteiger partial charge in [0.2, 0.25) is 0 Å². The first-order valence-electron chi connectivity index (χ1n) is 8.27. The molecule has 1 fully saturated rings. The Kier molecular flexibility index (Phi) is 4.16. The van der Waals surface area contributed by atoms with Crippen LogP contribution in [-0.4, -0.2) is 36.7 Å². The van der Waals surface area contributed by atoms with Crippen LogP contribution < -0.4 is 4.90 Å². The summed E-state index contributed by atoms with van der Waals surface area (Å²) in [6.07, 6.45) is -2.55. The second-order valence-corrected chi connectivity index (χ2v) is 6.25. The lowest BCUT2D eigenvalue weighted by Gasteiger charge is -2.21. The van der Waals surface area contributed by atoms with Crippen molar-refractivity contribution in [2.24, 2.45) is 0 Å². The van der Waals surface area contributed by atoms with E-state index in [0.717, 1.165) is 4.90 Å². The number of alkyl halides is 2. The molecule has 8 heteroatoms. The van der Waals surface area contributed by atoms with E-state index in [1.165, 1.54) is 12.1 Å². The van der Waals surface area contributed by atoms with E-state index in [2.05, 4.69) is 0 Å². The number of carbonyl (C=O) groups excluding carboxylic acids is 1. The zero-order valence-corrected chi connectivity index (χ0v) is 14.0. The molecule has 1 amide bonds. The van der Waals surface area contributed by atoms with Crippen LogP contribution >= 0.6 is 0 Å². The normalized spacial score (nSPS) is 17.7. The minimum Gasteiger partial charge on any atom is -0.480 e. The Morgan fingerprint density at radius 2 is 1.74 bits per heavy atom. The van der Waals surface area contributed by atoms with Crippen LogP contribution in [0.15, 0.2) is 42.5 Å². The van der Waals surface area contributed by atoms with Gasteiger partial charge in [-0.25, -0.2) is 8.78 Å². The van der Waals surface area contributed by atoms with Gasteiger partial charge in [0.15, 0.2) is 0 Å². The molecular formula is C19H15F2NO5. The highest BCUT2D eigenvalue weighted by atomic mass is 19.3. The third-order valence-electron chi connectivity index (χ3n) is 4.65. The van der Waals surface area contributed by atoms with Crippen LogP contribution in [-0.2, 0) is 24.8 Å². The molecule has 2 aliphatic rings. The lowest BCUT2D eigenvalue weighted by Crippen LogP contribution is -2.43. The van der Waals surface area contributed by atoms with Crippen molar-refractivity contribution in [3.05, 3.63) is 53.6 Å². The number of ether oxygens (including phenoxy) is 2. The number of carbonyl (C=O) groups is 2. The Bertz CT molecular complexity index is 907. The average Bonchev–Trinajstić information content (AvgIpc) is 3.23. The molecule has 140 valence electrons. The molecule has 0 aliphatic carbocycles. The average molecular weight is 375 g/mol. The fourth-order valence-corrected chi connectivity index (χ4v) is 3.42. The number of halogens is 2. The SMILES string of the molecule is O=C(O)CN1C(=O)C2(OCCO2)c2cc(-c3ccc(C(F)F)cc3)ccc21. The van der Waals surface area contributed by atoms with Gasteiger partial charge in [0.25, 0.3) is 18.1 Å². The summed E-state index contributed by atoms with van der Waals surface area (Å²) < 4.78 is 36.7. The number of carboxylic acid groups (broad SMARTS) is 1. The Labute approximate surface area is 152 Å². The van der Waals surface area contributed by atoms with Crippen molar-refractivity contribution in [2.45, 2.75) is 12.2 Å². The van der Waals surface area contributed by atoms with Gasteiger partial charge >= 0.3 is 5.97 Å². The summed E-state index contributed by atoms with van der Waals surface area (Å²) >= 11 is 0. The van der Waals surface area contributed by atoms with Gasteiger partial charge < -0.3 is 14.6 Å². The maximum absolute atomic E-state index is 12.8. The predicted molar refractivity (Wildman–Crippen MR) is 90.4 cm³/mol. The molecule has 0 bridgehead atoms. The number of nitrogens with zero attached hydrogens (tertiary/aromatic N) is 1. The summed E-state index contributed by atoms with van der Waals surface area (Å²) in [6, 6.07) is 10.8. The molecular weight excluding hydrogens is 360 g/mol. The van der Waals surface area contributed by atoms with Gasteiger partial charge in [-0.1, -0.05) is 30.3 Å². The summed E-state index contributed by atoms with van der Waals surface area (Å²) in [7, 11) is 0. The lowest BCUT2D eigenvalue weighted by molar-refractivity contribution is -0.181. The van der Waals surface area contributed by atoms with Crippen LogP contribution in [0.4, 0.5) is 14.5 Å². The molecule has 0 aromatic heterocycles. The third kappa shape index (κ3) is 2.77. The van der Waals surface area contributed by atoms with Crippen molar-refractivity contribution >= 4 is 17.6 Å². The summed E-state index contributed by atoms with van der Waals surface area (Å²) in [5.74, 6) is -3.39. The maximum Gasteiger partial charge on any atom is 0.323 e. The molecule has 0 radical (unpaired) electrons. The minimum atomic E-state index is -2.55. The van der Waals surface area contributed by atoms with Gasteiger partial charge in [0.1, 0.15) is 6.54 Å². The molecule has 1 saturated heterocycles. The standard InChI is InChI=1S/C19H15F2NO5/c20-17(21)12-3-1-11(2-4-12)13-5-6-15-14(9-13)19(26-7-8-27-19)18(25)22(15)10-16(23)24/h1-6,9,17H,7-8,10H2,(H,23,24). The monoisotopic (exact) mass is 375 g/mol. The number of amides is 1. The van der Waals surface area contributed by atoms with E-state index < -0.39 is 30.6 Å². The second-order valence-electron chi connectivity index (χ2n) is 6.25. The van der Waals surface area contributed by atoms with Crippen molar-refractivity contribution in [3.63, 3.8) is 0 Å². The molecule has 2 aromatic carbocycles. The highest BCUT2D eigenvalue weighted by Crippen LogP contribution is 2.47. The molecule has 1 spiro atoms. The number of benzene rings is 2. The van der Waals surface area contributed by atoms with Crippen LogP contribution in [0.2, 0.25) is 0 Å². The van der Waals surface area contributed by atoms with E-state index >= 15 is 0 Å². The number of hydrogen-bond donors (Lipinski definition) is 1. The molecule has 2 aliphatic heterocycles. The topological polar surface area (TPSA) is 76.1 Å². The van der Waals surface area contributed by atoms with E-state index in [4.69, 9.17) is 14.6 Å². The van der Waals surface area contributed by atoms with Crippen molar-refractivity contribution < 1.29 is 33.0 Å². The first-order chi connectivity index (χ1) is 12.9. The van der Waals surface area contributed by atoms with Crippen molar-refractivity contribution in [2.75, 3.05) is 24.7 Å². The van der Waals surface area contributed by atoms with Crippen LogP contribution in [0.25, 0.3) is 11.1 Å². The van der Waals surface area contributed by atoms with Gasteiger partial charge in [-0.2, -0.15) is 0 Å². The quantitative estimate of drug-likeness (QED) is 0.889. The highest BCUT2D eigenvalue weighted by molar-refractivity contribution is 6.08. The number of aliphatic carboxylic acids is 1. The van der Waals surface area contributed by atoms with Crippen LogP contribution in [0.5, 0.6) is 0 Å². The van der Waals surface area contributed by atoms with Gasteiger partial charge in [-0.3, -0.25) is 14.5 Å². The Hall–Kier alpha value is -2.84. The fraction of sp³-hybridized carbons (Fsp3) is 0.263. The first-order valence-corrected chi connectivity index (χ1v) is 8.27. The third-order valence-corrected chi connectivity index (χ3v) is 4.65. The Morgan fingerprint density at radius 1 is 1.11 bits per heavy atom. The number of hydrogen-bond acceptors (Lipinski definition) is 4. The van der Waals surface area contributed by atoms with Crippen LogP contribution in [0.3, 0.4) is 0 Å². The van der Waals surface area contributed by atoms with E-state index in [1.807, 2.05) is 0 Å². The summed E-state index contributed by atoms with van der Waals surface area (Å²) in [5.41, 5.74) is 2.10. The highest BCUT2D eigenvalue weighted by Gasteiger charge is 2.56. The van der Waals surface area contributed by atoms with Crippen LogP contribution in [0.1, 0.15) is 17.6 Å². The molecule has 2 heterocycles. The maximum atomic E-state index is 12.8. The van der Waals surface area contributed by atoms with Crippen molar-refractivity contribution in [1.29, 1.82) is 0 Å². The molecule has 1 N–H and O–H groups in total. The van der Waals surface area contributed by atoms with Crippen molar-refractivity contribution in [1.82, 2.24) is 0 Å². The molecule has 2 aromatic rings. The predicted octanol–water partition coefficient (Wildman–Crippen LogP) is 2.92. The fourth-order valence-electron chi connectivity index (χ4n) is 3.42. The zero-order chi connectivity index (χ0) is 19.2. The second kappa shape index (κ2) is 6.40. The summed E-state index contributed by atoms with van der Waals surface area (Å²) in [4.78, 5) is 25.1. The van der Waals surface area contributed by atoms with E-state index in [1.54, 1.807) is 30.3 Å². The van der Waals surface area contributed by atoms with Gasteiger partial charge in [-0.05, 0) is 23.3 Å². The van der Waals surface area contributed by atoms with E-state index in [-0.39, 0.29) is 18.8 Å². The number of carboxylic acids is 1. The van der Waals surface area contributed by atoms with Crippen molar-refractivity contribution in [3.8, 4) is 11.1 Å². The number of rotatable bonds is 4. The Balaban J connectivity index is 1.78. The van der Waals surface area contributed by atoms with Crippen LogP contribution in [0, 0.1) is 0 Å². The molecule has 0 atom stereocenters. The zero-order valence-electron chi connectivity index (χ0n) is 14.0. The van der Waals surface area contributed by atoms with E-state index in [9.17, 15) is 18.4 Å². The Morgan fingerprint density at radius 3 is 2.33 bits per heavy atom. The minimum absolute atomic E-state index is 0.0818. The number of anilines is 1. The van der Waals surface area contributed by atoms with Gasteiger partial charge in [-0.15, -0.1) is 0 Å². The first kappa shape index (κ1) is 17.6. The molecule has 0 saturated carbocycles. The largest absolute Gasteiger partial charge is 0.480 e. The smallest absolute Gasteiger partial charge is 0.323 e. The molecule has 4 rings (SSSR count). The molecule has 0 unspecified atom stereocenters. The lowest BCUT2D eigenvalue weighted by atomic mass is 9.98. The van der Waals surface area contributed by atoms with Gasteiger partial charge in [0.05, 0.1) is 18.9 Å². The number of fused-ring (bicyclic) bond motifs is 2. The summed E-state index contributed by atoms with van der Waals surface area (Å²) in [5, 5.41) is 9.12. The summed E-state index contributed by atoms with van der Waals surface area (Å²) in [6.45, 7) is -0.0957. The van der Waals surface area contributed by atoms with Gasteiger partial charge in [0, 0.05) is 11.1 Å². The molecule has 27 heavy (non-hydrogen) atoms. The molecule has 6 nitrogen and oxygen atoms in total.